The van der Waals surface area contributed by atoms with E-state index >= 15 is 0 Å². The van der Waals surface area contributed by atoms with Crippen LogP contribution in [0.3, 0.4) is 0 Å². The minimum absolute atomic E-state index is 0.0264. The van der Waals surface area contributed by atoms with Crippen molar-refractivity contribution in [3.8, 4) is 0 Å². The number of carbonyl (C=O) groups is 1. The number of rotatable bonds is 5. The molecule has 1 amide bonds. The standard InChI is InChI=1S/C20H25N5O3/c1-14-21-19(23-28-14)20(10-13-27-3)8-11-25(12-9-20)18(26)17-15-6-4-5-7-16(15)24(2)22-17/h4-7H,8-13H2,1-3H3. The molecular weight excluding hydrogens is 358 g/mol. The second kappa shape index (κ2) is 7.35. The number of amides is 1. The Hall–Kier alpha value is -2.74. The van der Waals surface area contributed by atoms with Gasteiger partial charge in [-0.05, 0) is 25.3 Å². The van der Waals surface area contributed by atoms with Crippen molar-refractivity contribution in [2.45, 2.75) is 31.6 Å². The van der Waals surface area contributed by atoms with Crippen LogP contribution in [0.5, 0.6) is 0 Å². The first-order valence-corrected chi connectivity index (χ1v) is 9.55. The van der Waals surface area contributed by atoms with E-state index in [2.05, 4.69) is 15.2 Å². The molecule has 0 aliphatic carbocycles. The molecule has 0 spiro atoms. The van der Waals surface area contributed by atoms with Crippen molar-refractivity contribution >= 4 is 16.8 Å². The van der Waals surface area contributed by atoms with Crippen LogP contribution in [0.1, 0.15) is 41.5 Å². The number of ether oxygens (including phenoxy) is 1. The molecule has 1 aromatic carbocycles. The Morgan fingerprint density at radius 2 is 2.04 bits per heavy atom. The van der Waals surface area contributed by atoms with E-state index < -0.39 is 0 Å². The summed E-state index contributed by atoms with van der Waals surface area (Å²) < 4.78 is 12.3. The lowest BCUT2D eigenvalue weighted by molar-refractivity contribution is 0.0611. The lowest BCUT2D eigenvalue weighted by Crippen LogP contribution is -2.46. The summed E-state index contributed by atoms with van der Waals surface area (Å²) in [6.45, 7) is 3.67. The van der Waals surface area contributed by atoms with Crippen LogP contribution in [0.15, 0.2) is 28.8 Å². The molecule has 0 saturated carbocycles. The predicted octanol–water partition coefficient (Wildman–Crippen LogP) is 2.48. The molecular formula is C20H25N5O3. The average Bonchev–Trinajstić information content (AvgIpc) is 3.31. The Morgan fingerprint density at radius 3 is 2.71 bits per heavy atom. The van der Waals surface area contributed by atoms with Crippen molar-refractivity contribution in [1.29, 1.82) is 0 Å². The number of fused-ring (bicyclic) bond motifs is 1. The summed E-state index contributed by atoms with van der Waals surface area (Å²) >= 11 is 0. The molecule has 1 aliphatic heterocycles. The zero-order chi connectivity index (χ0) is 19.7. The van der Waals surface area contributed by atoms with Crippen LogP contribution in [0.4, 0.5) is 0 Å². The monoisotopic (exact) mass is 383 g/mol. The number of piperidine rings is 1. The van der Waals surface area contributed by atoms with Gasteiger partial charge in [0, 0.05) is 51.6 Å². The Bertz CT molecular complexity index is 985. The van der Waals surface area contributed by atoms with Gasteiger partial charge in [-0.1, -0.05) is 23.4 Å². The summed E-state index contributed by atoms with van der Waals surface area (Å²) in [7, 11) is 3.56. The van der Waals surface area contributed by atoms with Crippen LogP contribution in [-0.4, -0.2) is 57.5 Å². The first-order valence-electron chi connectivity index (χ1n) is 9.55. The molecule has 8 heteroatoms. The van der Waals surface area contributed by atoms with E-state index in [4.69, 9.17) is 9.26 Å². The number of methoxy groups -OCH3 is 1. The SMILES string of the molecule is COCCC1(c2noc(C)n2)CCN(C(=O)c2nn(C)c3ccccc23)CC1. The third-order valence-electron chi connectivity index (χ3n) is 5.75. The van der Waals surface area contributed by atoms with Gasteiger partial charge in [0.2, 0.25) is 5.89 Å². The molecule has 1 saturated heterocycles. The van der Waals surface area contributed by atoms with Crippen molar-refractivity contribution in [3.63, 3.8) is 0 Å². The highest BCUT2D eigenvalue weighted by molar-refractivity contribution is 6.04. The number of aromatic nitrogens is 4. The number of hydrogen-bond donors (Lipinski definition) is 0. The summed E-state index contributed by atoms with van der Waals surface area (Å²) in [6, 6.07) is 7.82. The van der Waals surface area contributed by atoms with Gasteiger partial charge in [0.25, 0.3) is 5.91 Å². The summed E-state index contributed by atoms with van der Waals surface area (Å²) in [5.74, 6) is 1.25. The fraction of sp³-hybridized carbons (Fsp3) is 0.500. The summed E-state index contributed by atoms with van der Waals surface area (Å²) in [5.41, 5.74) is 1.24. The minimum atomic E-state index is -0.225. The average molecular weight is 383 g/mol. The zero-order valence-electron chi connectivity index (χ0n) is 16.5. The lowest BCUT2D eigenvalue weighted by Gasteiger charge is -2.39. The van der Waals surface area contributed by atoms with Crippen molar-refractivity contribution in [1.82, 2.24) is 24.8 Å². The molecule has 28 heavy (non-hydrogen) atoms. The number of hydrogen-bond acceptors (Lipinski definition) is 6. The van der Waals surface area contributed by atoms with E-state index in [1.54, 1.807) is 18.7 Å². The number of likely N-dealkylation sites (tertiary alicyclic amines) is 1. The highest BCUT2D eigenvalue weighted by atomic mass is 16.5. The molecule has 0 atom stereocenters. The van der Waals surface area contributed by atoms with E-state index in [1.165, 1.54) is 0 Å². The molecule has 3 aromatic rings. The van der Waals surface area contributed by atoms with Gasteiger partial charge in [-0.15, -0.1) is 0 Å². The van der Waals surface area contributed by atoms with Crippen molar-refractivity contribution < 1.29 is 14.1 Å². The molecule has 1 fully saturated rings. The summed E-state index contributed by atoms with van der Waals surface area (Å²) in [4.78, 5) is 19.5. The Balaban J connectivity index is 1.55. The molecule has 3 heterocycles. The van der Waals surface area contributed by atoms with Gasteiger partial charge in [-0.25, -0.2) is 0 Å². The largest absolute Gasteiger partial charge is 0.385 e. The first kappa shape index (κ1) is 18.6. The normalized spacial score (nSPS) is 16.6. The third kappa shape index (κ3) is 3.17. The molecule has 4 rings (SSSR count). The maximum absolute atomic E-state index is 13.2. The van der Waals surface area contributed by atoms with E-state index in [0.717, 1.165) is 36.0 Å². The van der Waals surface area contributed by atoms with Gasteiger partial charge in [0.15, 0.2) is 11.5 Å². The fourth-order valence-corrected chi connectivity index (χ4v) is 4.06. The number of para-hydroxylation sites is 1. The van der Waals surface area contributed by atoms with Gasteiger partial charge in [-0.3, -0.25) is 9.48 Å². The Kier molecular flexibility index (Phi) is 4.89. The van der Waals surface area contributed by atoms with Gasteiger partial charge in [-0.2, -0.15) is 10.1 Å². The summed E-state index contributed by atoms with van der Waals surface area (Å²) in [6.07, 6.45) is 2.34. The Labute approximate surface area is 163 Å². The number of carbonyl (C=O) groups excluding carboxylic acids is 1. The second-order valence-electron chi connectivity index (χ2n) is 7.44. The summed E-state index contributed by atoms with van der Waals surface area (Å²) in [5, 5.41) is 9.54. The maximum atomic E-state index is 13.2. The van der Waals surface area contributed by atoms with E-state index in [0.29, 0.717) is 31.3 Å². The first-order chi connectivity index (χ1) is 13.5. The van der Waals surface area contributed by atoms with Gasteiger partial charge in [0.1, 0.15) is 0 Å². The molecule has 1 aliphatic rings. The van der Waals surface area contributed by atoms with E-state index in [1.807, 2.05) is 36.2 Å². The minimum Gasteiger partial charge on any atom is -0.385 e. The number of nitrogens with zero attached hydrogens (tertiary/aromatic N) is 5. The third-order valence-corrected chi connectivity index (χ3v) is 5.75. The van der Waals surface area contributed by atoms with E-state index in [9.17, 15) is 4.79 Å². The Morgan fingerprint density at radius 1 is 1.29 bits per heavy atom. The molecule has 0 radical (unpaired) electrons. The van der Waals surface area contributed by atoms with Gasteiger partial charge < -0.3 is 14.2 Å². The molecule has 0 N–H and O–H groups in total. The zero-order valence-corrected chi connectivity index (χ0v) is 16.5. The number of aryl methyl sites for hydroxylation is 2. The number of benzene rings is 1. The van der Waals surface area contributed by atoms with E-state index in [-0.39, 0.29) is 11.3 Å². The van der Waals surface area contributed by atoms with Gasteiger partial charge >= 0.3 is 0 Å². The van der Waals surface area contributed by atoms with Gasteiger partial charge in [0.05, 0.1) is 5.52 Å². The van der Waals surface area contributed by atoms with Crippen molar-refractivity contribution in [2.24, 2.45) is 7.05 Å². The highest BCUT2D eigenvalue weighted by Gasteiger charge is 2.41. The molecule has 0 unspecified atom stereocenters. The van der Waals surface area contributed by atoms with Crippen LogP contribution in [0.2, 0.25) is 0 Å². The quantitative estimate of drug-likeness (QED) is 0.673. The van der Waals surface area contributed by atoms with Crippen LogP contribution in [0.25, 0.3) is 10.9 Å². The predicted molar refractivity (Wildman–Crippen MR) is 103 cm³/mol. The second-order valence-corrected chi connectivity index (χ2v) is 7.44. The molecule has 148 valence electrons. The topological polar surface area (TPSA) is 86.3 Å². The fourth-order valence-electron chi connectivity index (χ4n) is 4.06. The maximum Gasteiger partial charge on any atom is 0.275 e. The van der Waals surface area contributed by atoms with Crippen molar-refractivity contribution in [3.05, 3.63) is 41.7 Å². The highest BCUT2D eigenvalue weighted by Crippen LogP contribution is 2.37. The van der Waals surface area contributed by atoms with Crippen molar-refractivity contribution in [2.75, 3.05) is 26.8 Å². The van der Waals surface area contributed by atoms with Crippen LogP contribution < -0.4 is 0 Å². The molecule has 2 aromatic heterocycles. The molecule has 8 nitrogen and oxygen atoms in total. The lowest BCUT2D eigenvalue weighted by atomic mass is 9.75. The van der Waals surface area contributed by atoms with Crippen LogP contribution in [0, 0.1) is 6.92 Å². The van der Waals surface area contributed by atoms with Crippen LogP contribution in [-0.2, 0) is 17.2 Å². The van der Waals surface area contributed by atoms with Crippen LogP contribution >= 0.6 is 0 Å². The smallest absolute Gasteiger partial charge is 0.275 e. The molecule has 0 bridgehead atoms.